The summed E-state index contributed by atoms with van der Waals surface area (Å²) in [5.74, 6) is 2.96. The third-order valence-corrected chi connectivity index (χ3v) is 6.73. The van der Waals surface area contributed by atoms with Gasteiger partial charge in [0.15, 0.2) is 5.65 Å². The number of aliphatic hydroxyl groups is 1. The fourth-order valence-corrected chi connectivity index (χ4v) is 4.66. The van der Waals surface area contributed by atoms with Crippen LogP contribution in [0.5, 0.6) is 0 Å². The van der Waals surface area contributed by atoms with Crippen molar-refractivity contribution in [2.75, 3.05) is 43.4 Å². The van der Waals surface area contributed by atoms with Crippen LogP contribution in [0.1, 0.15) is 63.9 Å². The molecule has 1 unspecified atom stereocenters. The van der Waals surface area contributed by atoms with Crippen molar-refractivity contribution in [3.8, 4) is 0 Å². The van der Waals surface area contributed by atoms with Gasteiger partial charge in [-0.3, -0.25) is 0 Å². The highest BCUT2D eigenvalue weighted by atomic mass is 16.3. The first-order valence-electron chi connectivity index (χ1n) is 11.3. The SMILES string of the molecule is CC(C)c1cnn2c(NCC3CCCCC3)cc(NCC3(CO)CCNC3)nc12. The molecular weight excluding hydrogens is 364 g/mol. The molecule has 0 bridgehead atoms. The summed E-state index contributed by atoms with van der Waals surface area (Å²) in [6.07, 6.45) is 9.63. The van der Waals surface area contributed by atoms with E-state index in [1.54, 1.807) is 0 Å². The number of nitrogens with zero attached hydrogens (tertiary/aromatic N) is 3. The minimum atomic E-state index is -0.107. The van der Waals surface area contributed by atoms with E-state index in [0.29, 0.717) is 12.5 Å². The average molecular weight is 401 g/mol. The van der Waals surface area contributed by atoms with Crippen LogP contribution < -0.4 is 16.0 Å². The third-order valence-electron chi connectivity index (χ3n) is 6.73. The molecule has 0 radical (unpaired) electrons. The van der Waals surface area contributed by atoms with Crippen LogP contribution in [0.2, 0.25) is 0 Å². The van der Waals surface area contributed by atoms with Crippen molar-refractivity contribution < 1.29 is 5.11 Å². The van der Waals surface area contributed by atoms with E-state index in [9.17, 15) is 5.11 Å². The topological polar surface area (TPSA) is 86.5 Å². The van der Waals surface area contributed by atoms with Crippen LogP contribution in [0.25, 0.3) is 5.65 Å². The lowest BCUT2D eigenvalue weighted by atomic mass is 9.88. The molecule has 4 rings (SSSR count). The van der Waals surface area contributed by atoms with Gasteiger partial charge in [-0.25, -0.2) is 4.98 Å². The highest BCUT2D eigenvalue weighted by molar-refractivity contribution is 5.61. The zero-order valence-corrected chi connectivity index (χ0v) is 17.9. The molecule has 2 aromatic rings. The molecule has 2 aromatic heterocycles. The number of hydrogen-bond acceptors (Lipinski definition) is 6. The number of anilines is 2. The second-order valence-electron chi connectivity index (χ2n) is 9.34. The molecule has 0 spiro atoms. The third kappa shape index (κ3) is 4.51. The molecule has 0 aromatic carbocycles. The Morgan fingerprint density at radius 2 is 2.10 bits per heavy atom. The van der Waals surface area contributed by atoms with E-state index in [0.717, 1.165) is 54.8 Å². The highest BCUT2D eigenvalue weighted by Gasteiger charge is 2.33. The maximum atomic E-state index is 9.91. The summed E-state index contributed by atoms with van der Waals surface area (Å²) in [6.45, 7) is 8.05. The van der Waals surface area contributed by atoms with Gasteiger partial charge in [0.1, 0.15) is 11.6 Å². The van der Waals surface area contributed by atoms with Crippen molar-refractivity contribution in [1.82, 2.24) is 19.9 Å². The van der Waals surface area contributed by atoms with E-state index in [1.165, 1.54) is 32.1 Å². The van der Waals surface area contributed by atoms with Crippen LogP contribution in [0.15, 0.2) is 12.3 Å². The summed E-state index contributed by atoms with van der Waals surface area (Å²) < 4.78 is 1.95. The lowest BCUT2D eigenvalue weighted by molar-refractivity contribution is 0.154. The van der Waals surface area contributed by atoms with Crippen LogP contribution in [0, 0.1) is 11.3 Å². The lowest BCUT2D eigenvalue weighted by Crippen LogP contribution is -2.35. The lowest BCUT2D eigenvalue weighted by Gasteiger charge is -2.26. The van der Waals surface area contributed by atoms with E-state index < -0.39 is 0 Å². The van der Waals surface area contributed by atoms with Gasteiger partial charge < -0.3 is 21.1 Å². The zero-order valence-electron chi connectivity index (χ0n) is 17.9. The first kappa shape index (κ1) is 20.4. The van der Waals surface area contributed by atoms with Crippen molar-refractivity contribution in [3.63, 3.8) is 0 Å². The molecule has 7 heteroatoms. The summed E-state index contributed by atoms with van der Waals surface area (Å²) in [6, 6.07) is 2.07. The van der Waals surface area contributed by atoms with Crippen molar-refractivity contribution in [3.05, 3.63) is 17.8 Å². The Bertz CT molecular complexity index is 805. The Labute approximate surface area is 173 Å². The number of hydrogen-bond donors (Lipinski definition) is 4. The van der Waals surface area contributed by atoms with Gasteiger partial charge in [-0.15, -0.1) is 0 Å². The standard InChI is InChI=1S/C22H36N6O/c1-16(2)18-12-26-28-20(24-11-17-6-4-3-5-7-17)10-19(27-21(18)28)25-14-22(15-29)8-9-23-13-22/h10,12,16-17,23-24,29H,3-9,11,13-15H2,1-2H3,(H,25,27). The minimum absolute atomic E-state index is 0.107. The smallest absolute Gasteiger partial charge is 0.163 e. The van der Waals surface area contributed by atoms with Crippen molar-refractivity contribution >= 4 is 17.3 Å². The molecular formula is C22H36N6O. The average Bonchev–Trinajstić information content (AvgIpc) is 3.39. The van der Waals surface area contributed by atoms with Gasteiger partial charge in [-0.2, -0.15) is 9.61 Å². The fourth-order valence-electron chi connectivity index (χ4n) is 4.66. The molecule has 1 atom stereocenters. The molecule has 1 saturated carbocycles. The summed E-state index contributed by atoms with van der Waals surface area (Å²) in [4.78, 5) is 4.89. The van der Waals surface area contributed by atoms with Gasteiger partial charge in [0.2, 0.25) is 0 Å². The Morgan fingerprint density at radius 3 is 2.79 bits per heavy atom. The van der Waals surface area contributed by atoms with Gasteiger partial charge in [0, 0.05) is 36.7 Å². The minimum Gasteiger partial charge on any atom is -0.396 e. The predicted octanol–water partition coefficient (Wildman–Crippen LogP) is 3.23. The van der Waals surface area contributed by atoms with Crippen molar-refractivity contribution in [1.29, 1.82) is 0 Å². The monoisotopic (exact) mass is 400 g/mol. The van der Waals surface area contributed by atoms with Gasteiger partial charge >= 0.3 is 0 Å². The van der Waals surface area contributed by atoms with Crippen molar-refractivity contribution in [2.24, 2.45) is 11.3 Å². The summed E-state index contributed by atoms with van der Waals surface area (Å²) in [7, 11) is 0. The second-order valence-corrected chi connectivity index (χ2v) is 9.34. The maximum Gasteiger partial charge on any atom is 0.163 e. The largest absolute Gasteiger partial charge is 0.396 e. The summed E-state index contributed by atoms with van der Waals surface area (Å²) >= 11 is 0. The first-order chi connectivity index (χ1) is 14.1. The van der Waals surface area contributed by atoms with Crippen LogP contribution in [0.3, 0.4) is 0 Å². The molecule has 29 heavy (non-hydrogen) atoms. The molecule has 7 nitrogen and oxygen atoms in total. The van der Waals surface area contributed by atoms with E-state index in [1.807, 2.05) is 10.7 Å². The van der Waals surface area contributed by atoms with Gasteiger partial charge in [-0.05, 0) is 37.6 Å². The number of nitrogens with one attached hydrogen (secondary N) is 3. The van der Waals surface area contributed by atoms with E-state index in [4.69, 9.17) is 4.98 Å². The van der Waals surface area contributed by atoms with Gasteiger partial charge in [0.05, 0.1) is 12.8 Å². The number of rotatable bonds is 8. The molecule has 1 aliphatic carbocycles. The van der Waals surface area contributed by atoms with Crippen LogP contribution in [0.4, 0.5) is 11.6 Å². The zero-order chi connectivity index (χ0) is 20.3. The van der Waals surface area contributed by atoms with Crippen LogP contribution >= 0.6 is 0 Å². The maximum absolute atomic E-state index is 9.91. The summed E-state index contributed by atoms with van der Waals surface area (Å²) in [5, 5.41) is 25.1. The molecule has 4 N–H and O–H groups in total. The van der Waals surface area contributed by atoms with E-state index in [-0.39, 0.29) is 12.0 Å². The molecule has 160 valence electrons. The Hall–Kier alpha value is -1.86. The number of fused-ring (bicyclic) bond motifs is 1. The van der Waals surface area contributed by atoms with Gasteiger partial charge in [0.25, 0.3) is 0 Å². The number of aliphatic hydroxyl groups excluding tert-OH is 1. The number of aromatic nitrogens is 3. The fraction of sp³-hybridized carbons (Fsp3) is 0.727. The Kier molecular flexibility index (Phi) is 6.25. The first-order valence-corrected chi connectivity index (χ1v) is 11.3. The van der Waals surface area contributed by atoms with Crippen LogP contribution in [-0.2, 0) is 0 Å². The Balaban J connectivity index is 1.57. The highest BCUT2D eigenvalue weighted by Crippen LogP contribution is 2.28. The van der Waals surface area contributed by atoms with E-state index in [2.05, 4.69) is 41.0 Å². The van der Waals surface area contributed by atoms with Crippen molar-refractivity contribution in [2.45, 2.75) is 58.3 Å². The molecule has 1 aliphatic heterocycles. The van der Waals surface area contributed by atoms with Gasteiger partial charge in [-0.1, -0.05) is 33.1 Å². The normalized spacial score (nSPS) is 23.2. The molecule has 3 heterocycles. The van der Waals surface area contributed by atoms with Crippen LogP contribution in [-0.4, -0.2) is 52.5 Å². The second kappa shape index (κ2) is 8.88. The summed E-state index contributed by atoms with van der Waals surface area (Å²) in [5.41, 5.74) is 1.97. The molecule has 2 fully saturated rings. The Morgan fingerprint density at radius 1 is 1.28 bits per heavy atom. The predicted molar refractivity (Wildman–Crippen MR) is 118 cm³/mol. The molecule has 1 saturated heterocycles. The molecule has 2 aliphatic rings. The molecule has 0 amide bonds. The quantitative estimate of drug-likeness (QED) is 0.544. The van der Waals surface area contributed by atoms with E-state index >= 15 is 0 Å².